The highest BCUT2D eigenvalue weighted by atomic mass is 32.1. The number of carbonyl (C=O) groups is 1. The number of anilines is 1. The minimum atomic E-state index is -0.128. The maximum Gasteiger partial charge on any atom is 0.227 e. The van der Waals surface area contributed by atoms with E-state index in [0.29, 0.717) is 36.2 Å². The Morgan fingerprint density at radius 1 is 1.36 bits per heavy atom. The van der Waals surface area contributed by atoms with Gasteiger partial charge in [-0.2, -0.15) is 4.98 Å². The summed E-state index contributed by atoms with van der Waals surface area (Å²) in [4.78, 5) is 17.3. The molecule has 0 saturated carbocycles. The van der Waals surface area contributed by atoms with Crippen LogP contribution in [0.25, 0.3) is 10.7 Å². The highest BCUT2D eigenvalue weighted by Crippen LogP contribution is 2.22. The molecule has 6 nitrogen and oxygen atoms in total. The van der Waals surface area contributed by atoms with E-state index in [-0.39, 0.29) is 12.3 Å². The zero-order valence-electron chi connectivity index (χ0n) is 13.5. The molecule has 0 bridgehead atoms. The molecule has 3 aromatic rings. The van der Waals surface area contributed by atoms with Crippen molar-refractivity contribution in [1.29, 1.82) is 0 Å². The van der Waals surface area contributed by atoms with Crippen molar-refractivity contribution < 1.29 is 14.1 Å². The van der Waals surface area contributed by atoms with Gasteiger partial charge in [-0.25, -0.2) is 0 Å². The maximum atomic E-state index is 12.1. The third kappa shape index (κ3) is 4.77. The summed E-state index contributed by atoms with van der Waals surface area (Å²) in [5, 5.41) is 8.71. The first-order valence-electron chi connectivity index (χ1n) is 7.74. The molecule has 3 rings (SSSR count). The first kappa shape index (κ1) is 16.9. The molecule has 2 aromatic heterocycles. The minimum Gasteiger partial charge on any atom is -0.489 e. The largest absolute Gasteiger partial charge is 0.489 e. The number of nitrogens with one attached hydrogen (secondary N) is 1. The summed E-state index contributed by atoms with van der Waals surface area (Å²) in [6.45, 7) is 4.02. The first-order valence-corrected chi connectivity index (χ1v) is 8.62. The number of carbonyl (C=O) groups excluding carboxylic acids is 1. The third-order valence-electron chi connectivity index (χ3n) is 3.26. The Hall–Kier alpha value is -2.93. The average Bonchev–Trinajstić information content (AvgIpc) is 3.29. The van der Waals surface area contributed by atoms with E-state index in [0.717, 1.165) is 4.88 Å². The smallest absolute Gasteiger partial charge is 0.227 e. The van der Waals surface area contributed by atoms with Crippen LogP contribution in [0, 0.1) is 0 Å². The Bertz CT molecular complexity index is 843. The van der Waals surface area contributed by atoms with Crippen molar-refractivity contribution in [3.63, 3.8) is 0 Å². The predicted octanol–water partition coefficient (Wildman–Crippen LogP) is 3.93. The summed E-state index contributed by atoms with van der Waals surface area (Å²) in [5.74, 6) is 1.55. The van der Waals surface area contributed by atoms with Crippen LogP contribution in [0.3, 0.4) is 0 Å². The fourth-order valence-electron chi connectivity index (χ4n) is 2.13. The van der Waals surface area contributed by atoms with Gasteiger partial charge in [-0.1, -0.05) is 29.9 Å². The second-order valence-corrected chi connectivity index (χ2v) is 6.11. The Labute approximate surface area is 149 Å². The van der Waals surface area contributed by atoms with Crippen LogP contribution in [0.1, 0.15) is 12.3 Å². The van der Waals surface area contributed by atoms with Gasteiger partial charge in [0, 0.05) is 24.6 Å². The Kier molecular flexibility index (Phi) is 5.58. The summed E-state index contributed by atoms with van der Waals surface area (Å²) in [6.07, 6.45) is 2.31. The monoisotopic (exact) mass is 355 g/mol. The van der Waals surface area contributed by atoms with Crippen molar-refractivity contribution in [1.82, 2.24) is 10.1 Å². The van der Waals surface area contributed by atoms with Gasteiger partial charge >= 0.3 is 0 Å². The topological polar surface area (TPSA) is 77.2 Å². The summed E-state index contributed by atoms with van der Waals surface area (Å²) in [6, 6.07) is 11.1. The van der Waals surface area contributed by atoms with E-state index >= 15 is 0 Å². The summed E-state index contributed by atoms with van der Waals surface area (Å²) < 4.78 is 10.6. The van der Waals surface area contributed by atoms with E-state index in [2.05, 4.69) is 22.0 Å². The molecule has 0 fully saturated rings. The molecule has 0 aliphatic rings. The number of aromatic nitrogens is 2. The van der Waals surface area contributed by atoms with E-state index < -0.39 is 0 Å². The van der Waals surface area contributed by atoms with E-state index in [1.54, 1.807) is 29.5 Å². The number of hydrogen-bond donors (Lipinski definition) is 1. The van der Waals surface area contributed by atoms with Gasteiger partial charge in [0.15, 0.2) is 0 Å². The second-order valence-electron chi connectivity index (χ2n) is 5.16. The third-order valence-corrected chi connectivity index (χ3v) is 4.13. The SMILES string of the molecule is C=CCOc1cccc(NC(=O)CCc2nc(-c3cccs3)no2)c1. The van der Waals surface area contributed by atoms with E-state index in [1.807, 2.05) is 29.6 Å². The molecule has 7 heteroatoms. The number of hydrogen-bond acceptors (Lipinski definition) is 6. The molecule has 1 amide bonds. The molecule has 25 heavy (non-hydrogen) atoms. The lowest BCUT2D eigenvalue weighted by Gasteiger charge is -2.07. The molecule has 1 aromatic carbocycles. The van der Waals surface area contributed by atoms with Crippen molar-refractivity contribution in [3.8, 4) is 16.5 Å². The molecular formula is C18H17N3O3S. The number of amides is 1. The van der Waals surface area contributed by atoms with Crippen LogP contribution in [-0.4, -0.2) is 22.7 Å². The molecule has 2 heterocycles. The van der Waals surface area contributed by atoms with Crippen LogP contribution in [0.4, 0.5) is 5.69 Å². The quantitative estimate of drug-likeness (QED) is 0.619. The normalized spacial score (nSPS) is 10.4. The van der Waals surface area contributed by atoms with Gasteiger partial charge < -0.3 is 14.6 Å². The zero-order chi connectivity index (χ0) is 17.5. The van der Waals surface area contributed by atoms with Crippen molar-refractivity contribution >= 4 is 22.9 Å². The van der Waals surface area contributed by atoms with Gasteiger partial charge in [0.2, 0.25) is 17.6 Å². The Morgan fingerprint density at radius 3 is 3.08 bits per heavy atom. The lowest BCUT2D eigenvalue weighted by molar-refractivity contribution is -0.116. The van der Waals surface area contributed by atoms with Crippen molar-refractivity contribution in [3.05, 3.63) is 60.3 Å². The van der Waals surface area contributed by atoms with Crippen LogP contribution in [-0.2, 0) is 11.2 Å². The van der Waals surface area contributed by atoms with Crippen molar-refractivity contribution in [2.75, 3.05) is 11.9 Å². The minimum absolute atomic E-state index is 0.128. The Balaban J connectivity index is 1.52. The van der Waals surface area contributed by atoms with Crippen molar-refractivity contribution in [2.24, 2.45) is 0 Å². The lowest BCUT2D eigenvalue weighted by Crippen LogP contribution is -2.12. The predicted molar refractivity (Wildman–Crippen MR) is 96.7 cm³/mol. The van der Waals surface area contributed by atoms with E-state index in [4.69, 9.17) is 9.26 Å². The van der Waals surface area contributed by atoms with Crippen LogP contribution in [0.5, 0.6) is 5.75 Å². The van der Waals surface area contributed by atoms with Crippen LogP contribution in [0.2, 0.25) is 0 Å². The average molecular weight is 355 g/mol. The maximum absolute atomic E-state index is 12.1. The van der Waals surface area contributed by atoms with Crippen LogP contribution in [0.15, 0.2) is 59.0 Å². The molecule has 0 atom stereocenters. The van der Waals surface area contributed by atoms with Gasteiger partial charge in [-0.05, 0) is 23.6 Å². The van der Waals surface area contributed by atoms with Gasteiger partial charge in [0.05, 0.1) is 4.88 Å². The van der Waals surface area contributed by atoms with E-state index in [1.165, 1.54) is 0 Å². The van der Waals surface area contributed by atoms with Crippen molar-refractivity contribution in [2.45, 2.75) is 12.8 Å². The molecule has 0 aliphatic heterocycles. The number of aryl methyl sites for hydroxylation is 1. The molecule has 0 unspecified atom stereocenters. The lowest BCUT2D eigenvalue weighted by atomic mass is 10.2. The molecule has 0 spiro atoms. The summed E-state index contributed by atoms with van der Waals surface area (Å²) >= 11 is 1.54. The molecule has 128 valence electrons. The fraction of sp³-hybridized carbons (Fsp3) is 0.167. The number of ether oxygens (including phenoxy) is 1. The fourth-order valence-corrected chi connectivity index (χ4v) is 2.77. The first-order chi connectivity index (χ1) is 12.2. The van der Waals surface area contributed by atoms with Crippen LogP contribution < -0.4 is 10.1 Å². The van der Waals surface area contributed by atoms with Gasteiger partial charge in [0.25, 0.3) is 0 Å². The molecule has 0 radical (unpaired) electrons. The number of nitrogens with zero attached hydrogens (tertiary/aromatic N) is 2. The molecule has 0 aliphatic carbocycles. The molecule has 1 N–H and O–H groups in total. The van der Waals surface area contributed by atoms with Gasteiger partial charge in [0.1, 0.15) is 12.4 Å². The summed E-state index contributed by atoms with van der Waals surface area (Å²) in [7, 11) is 0. The van der Waals surface area contributed by atoms with Crippen LogP contribution >= 0.6 is 11.3 Å². The number of benzene rings is 1. The second kappa shape index (κ2) is 8.25. The zero-order valence-corrected chi connectivity index (χ0v) is 14.3. The van der Waals surface area contributed by atoms with Gasteiger partial charge in [-0.15, -0.1) is 11.3 Å². The standard InChI is InChI=1S/C18H17N3O3S/c1-2-10-23-14-6-3-5-13(12-14)19-16(22)8-9-17-20-18(21-24-17)15-7-4-11-25-15/h2-7,11-12H,1,8-10H2,(H,19,22). The highest BCUT2D eigenvalue weighted by molar-refractivity contribution is 7.13. The summed E-state index contributed by atoms with van der Waals surface area (Å²) in [5.41, 5.74) is 0.677. The van der Waals surface area contributed by atoms with Gasteiger partial charge in [-0.3, -0.25) is 4.79 Å². The number of rotatable bonds is 8. The highest BCUT2D eigenvalue weighted by Gasteiger charge is 2.11. The molecule has 0 saturated heterocycles. The Morgan fingerprint density at radius 2 is 2.28 bits per heavy atom. The van der Waals surface area contributed by atoms with E-state index in [9.17, 15) is 4.79 Å². The number of thiophene rings is 1. The molecular weight excluding hydrogens is 338 g/mol.